The van der Waals surface area contributed by atoms with Crippen LogP contribution in [0.2, 0.25) is 0 Å². The van der Waals surface area contributed by atoms with Crippen molar-refractivity contribution in [3.63, 3.8) is 0 Å². The van der Waals surface area contributed by atoms with Gasteiger partial charge in [0.2, 0.25) is 0 Å². The molecule has 0 aromatic heterocycles. The van der Waals surface area contributed by atoms with Crippen molar-refractivity contribution < 1.29 is 19.1 Å². The second kappa shape index (κ2) is 5.16. The van der Waals surface area contributed by atoms with Crippen LogP contribution in [0.3, 0.4) is 0 Å². The van der Waals surface area contributed by atoms with Crippen LogP contribution in [0.4, 0.5) is 5.69 Å². The molecule has 1 rings (SSSR count). The van der Waals surface area contributed by atoms with Crippen LogP contribution in [0.1, 0.15) is 20.7 Å². The summed E-state index contributed by atoms with van der Waals surface area (Å²) < 4.78 is 9.18. The predicted molar refractivity (Wildman–Crippen MR) is 58.7 cm³/mol. The van der Waals surface area contributed by atoms with Crippen molar-refractivity contribution in [2.75, 3.05) is 26.6 Å². The maximum absolute atomic E-state index is 11.4. The molecule has 0 saturated heterocycles. The highest BCUT2D eigenvalue weighted by Gasteiger charge is 2.15. The molecule has 0 saturated carbocycles. The highest BCUT2D eigenvalue weighted by Crippen LogP contribution is 2.18. The number of carbonyl (C=O) groups excluding carboxylic acids is 2. The first kappa shape index (κ1) is 12.0. The fourth-order valence-electron chi connectivity index (χ4n) is 1.29. The third-order valence-corrected chi connectivity index (χ3v) is 2.12. The highest BCUT2D eigenvalue weighted by molar-refractivity contribution is 5.99. The van der Waals surface area contributed by atoms with E-state index in [0.717, 1.165) is 0 Å². The van der Waals surface area contributed by atoms with Crippen LogP contribution in [0, 0.1) is 0 Å². The Kier molecular flexibility index (Phi) is 3.88. The third-order valence-electron chi connectivity index (χ3n) is 2.12. The lowest BCUT2D eigenvalue weighted by atomic mass is 10.1. The van der Waals surface area contributed by atoms with Crippen LogP contribution in [-0.2, 0) is 9.47 Å². The summed E-state index contributed by atoms with van der Waals surface area (Å²) in [5, 5.41) is 2.84. The molecule has 0 atom stereocenters. The van der Waals surface area contributed by atoms with Crippen LogP contribution >= 0.6 is 0 Å². The number of hydrogen-bond acceptors (Lipinski definition) is 5. The second-order valence-corrected chi connectivity index (χ2v) is 2.99. The molecule has 0 amide bonds. The number of methoxy groups -OCH3 is 2. The number of esters is 2. The van der Waals surface area contributed by atoms with Gasteiger partial charge in [-0.2, -0.15) is 0 Å². The maximum atomic E-state index is 11.4. The first-order valence-corrected chi connectivity index (χ1v) is 4.62. The minimum atomic E-state index is -0.505. The molecule has 0 aliphatic heterocycles. The van der Waals surface area contributed by atoms with Crippen molar-refractivity contribution >= 4 is 17.6 Å². The van der Waals surface area contributed by atoms with Gasteiger partial charge >= 0.3 is 11.9 Å². The fraction of sp³-hybridized carbons (Fsp3) is 0.273. The number of benzene rings is 1. The summed E-state index contributed by atoms with van der Waals surface area (Å²) in [4.78, 5) is 22.7. The molecule has 1 aromatic rings. The predicted octanol–water partition coefficient (Wildman–Crippen LogP) is 1.30. The van der Waals surface area contributed by atoms with E-state index in [1.807, 2.05) is 0 Å². The van der Waals surface area contributed by atoms with Gasteiger partial charge in [-0.25, -0.2) is 9.59 Å². The lowest BCUT2D eigenvalue weighted by molar-refractivity contribution is 0.0600. The molecule has 5 nitrogen and oxygen atoms in total. The van der Waals surface area contributed by atoms with E-state index in [1.54, 1.807) is 19.2 Å². The van der Waals surface area contributed by atoms with Gasteiger partial charge in [-0.3, -0.25) is 0 Å². The SMILES string of the molecule is CNc1ccc(C(=O)OC)cc1C(=O)OC. The average Bonchev–Trinajstić information content (AvgIpc) is 2.35. The summed E-state index contributed by atoms with van der Waals surface area (Å²) in [5.74, 6) is -0.997. The Labute approximate surface area is 93.4 Å². The molecule has 5 heteroatoms. The van der Waals surface area contributed by atoms with Crippen molar-refractivity contribution in [1.29, 1.82) is 0 Å². The molecule has 0 fully saturated rings. The Hall–Kier alpha value is -2.04. The van der Waals surface area contributed by atoms with Gasteiger partial charge in [0, 0.05) is 12.7 Å². The number of rotatable bonds is 3. The van der Waals surface area contributed by atoms with Gasteiger partial charge in [0.1, 0.15) is 0 Å². The summed E-state index contributed by atoms with van der Waals surface area (Å²) in [5.41, 5.74) is 1.20. The quantitative estimate of drug-likeness (QED) is 0.782. The normalized spacial score (nSPS) is 9.44. The van der Waals surface area contributed by atoms with E-state index in [2.05, 4.69) is 14.8 Å². The number of nitrogens with one attached hydrogen (secondary N) is 1. The largest absolute Gasteiger partial charge is 0.465 e. The second-order valence-electron chi connectivity index (χ2n) is 2.99. The standard InChI is InChI=1S/C11H13NO4/c1-12-9-5-4-7(10(13)15-2)6-8(9)11(14)16-3/h4-6,12H,1-3H3. The molecule has 1 aromatic carbocycles. The van der Waals surface area contributed by atoms with Crippen LogP contribution in [0.25, 0.3) is 0 Å². The Morgan fingerprint density at radius 1 is 1.12 bits per heavy atom. The van der Waals surface area contributed by atoms with Crippen molar-refractivity contribution in [2.45, 2.75) is 0 Å². The first-order chi connectivity index (χ1) is 7.63. The molecular weight excluding hydrogens is 210 g/mol. The van der Waals surface area contributed by atoms with Crippen LogP contribution < -0.4 is 5.32 Å². The monoisotopic (exact) mass is 223 g/mol. The third kappa shape index (κ3) is 2.31. The van der Waals surface area contributed by atoms with E-state index in [-0.39, 0.29) is 0 Å². The van der Waals surface area contributed by atoms with E-state index < -0.39 is 11.9 Å². The number of anilines is 1. The van der Waals surface area contributed by atoms with E-state index in [0.29, 0.717) is 16.8 Å². The molecule has 0 spiro atoms. The van der Waals surface area contributed by atoms with Gasteiger partial charge < -0.3 is 14.8 Å². The fourth-order valence-corrected chi connectivity index (χ4v) is 1.29. The lowest BCUT2D eigenvalue weighted by Crippen LogP contribution is -2.09. The number of hydrogen-bond donors (Lipinski definition) is 1. The summed E-state index contributed by atoms with van der Waals surface area (Å²) in [6, 6.07) is 4.63. The van der Waals surface area contributed by atoms with Crippen LogP contribution in [0.15, 0.2) is 18.2 Å². The Morgan fingerprint density at radius 2 is 1.75 bits per heavy atom. The molecule has 16 heavy (non-hydrogen) atoms. The van der Waals surface area contributed by atoms with Gasteiger partial charge in [0.15, 0.2) is 0 Å². The van der Waals surface area contributed by atoms with Gasteiger partial charge in [-0.15, -0.1) is 0 Å². The lowest BCUT2D eigenvalue weighted by Gasteiger charge is -2.08. The van der Waals surface area contributed by atoms with Gasteiger partial charge in [-0.1, -0.05) is 0 Å². The topological polar surface area (TPSA) is 64.6 Å². The van der Waals surface area contributed by atoms with Gasteiger partial charge in [0.05, 0.1) is 25.3 Å². The van der Waals surface area contributed by atoms with Crippen LogP contribution in [-0.4, -0.2) is 33.2 Å². The van der Waals surface area contributed by atoms with Crippen molar-refractivity contribution in [2.24, 2.45) is 0 Å². The number of ether oxygens (including phenoxy) is 2. The maximum Gasteiger partial charge on any atom is 0.339 e. The average molecular weight is 223 g/mol. The molecule has 0 heterocycles. The molecule has 86 valence electrons. The van der Waals surface area contributed by atoms with Crippen LogP contribution in [0.5, 0.6) is 0 Å². The van der Waals surface area contributed by atoms with Crippen molar-refractivity contribution in [3.8, 4) is 0 Å². The number of carbonyl (C=O) groups is 2. The first-order valence-electron chi connectivity index (χ1n) is 4.62. The molecule has 0 radical (unpaired) electrons. The van der Waals surface area contributed by atoms with Crippen molar-refractivity contribution in [3.05, 3.63) is 29.3 Å². The summed E-state index contributed by atoms with van der Waals surface area (Å²) in [6.07, 6.45) is 0. The van der Waals surface area contributed by atoms with E-state index >= 15 is 0 Å². The zero-order valence-electron chi connectivity index (χ0n) is 9.37. The molecule has 1 N–H and O–H groups in total. The molecule has 0 aliphatic carbocycles. The summed E-state index contributed by atoms with van der Waals surface area (Å²) in [7, 11) is 4.25. The Balaban J connectivity index is 3.21. The zero-order chi connectivity index (χ0) is 12.1. The van der Waals surface area contributed by atoms with E-state index in [9.17, 15) is 9.59 Å². The summed E-state index contributed by atoms with van der Waals surface area (Å²) >= 11 is 0. The molecule has 0 unspecified atom stereocenters. The minimum Gasteiger partial charge on any atom is -0.465 e. The molecule has 0 bridgehead atoms. The van der Waals surface area contributed by atoms with Gasteiger partial charge in [-0.05, 0) is 18.2 Å². The molecular formula is C11H13NO4. The Morgan fingerprint density at radius 3 is 2.25 bits per heavy atom. The minimum absolute atomic E-state index is 0.299. The van der Waals surface area contributed by atoms with Crippen molar-refractivity contribution in [1.82, 2.24) is 0 Å². The molecule has 0 aliphatic rings. The smallest absolute Gasteiger partial charge is 0.339 e. The van der Waals surface area contributed by atoms with E-state index in [4.69, 9.17) is 0 Å². The highest BCUT2D eigenvalue weighted by atomic mass is 16.5. The van der Waals surface area contributed by atoms with Gasteiger partial charge in [0.25, 0.3) is 0 Å². The van der Waals surface area contributed by atoms with E-state index in [1.165, 1.54) is 20.3 Å². The zero-order valence-corrected chi connectivity index (χ0v) is 9.37. The summed E-state index contributed by atoms with van der Waals surface area (Å²) in [6.45, 7) is 0. The Bertz CT molecular complexity index is 414.